The van der Waals surface area contributed by atoms with E-state index in [1.54, 1.807) is 60.7 Å². The van der Waals surface area contributed by atoms with E-state index in [2.05, 4.69) is 65.2 Å². The van der Waals surface area contributed by atoms with Gasteiger partial charge >= 0.3 is 0 Å². The molecule has 5 aromatic carbocycles. The van der Waals surface area contributed by atoms with Crippen molar-refractivity contribution >= 4 is 92.1 Å². The molecule has 9 N–H and O–H groups in total. The smallest absolute Gasteiger partial charge is 0.255 e. The van der Waals surface area contributed by atoms with Crippen molar-refractivity contribution in [2.24, 2.45) is 10.2 Å². The van der Waals surface area contributed by atoms with Crippen LogP contribution < -0.4 is 21.3 Å². The molecule has 0 fully saturated rings. The molecule has 284 valence electrons. The number of nitrogens with zero attached hydrogens (tertiary/aromatic N) is 5. The van der Waals surface area contributed by atoms with Gasteiger partial charge < -0.3 is 36.6 Å². The number of aromatic nitrogens is 3. The van der Waals surface area contributed by atoms with Gasteiger partial charge in [0, 0.05) is 45.7 Å². The topological polar surface area (TPSA) is 267 Å². The molecule has 0 spiro atoms. The number of aliphatic hydroxyl groups excluding tert-OH is 2. The van der Waals surface area contributed by atoms with Crippen LogP contribution in [0, 0.1) is 0 Å². The van der Waals surface area contributed by atoms with Crippen LogP contribution in [-0.2, 0) is 18.7 Å². The number of fused-ring (bicyclic) bond motifs is 2. The van der Waals surface area contributed by atoms with Crippen molar-refractivity contribution in [3.05, 3.63) is 90.5 Å². The number of anilines is 5. The summed E-state index contributed by atoms with van der Waals surface area (Å²) in [6.07, 6.45) is 0. The molecule has 0 unspecified atom stereocenters. The van der Waals surface area contributed by atoms with Crippen LogP contribution in [0.5, 0.6) is 5.75 Å². The lowest BCUT2D eigenvalue weighted by atomic mass is 10.1. The van der Waals surface area contributed by atoms with Crippen LogP contribution in [-0.4, -0.2) is 73.0 Å². The minimum absolute atomic E-state index is 0.0204. The van der Waals surface area contributed by atoms with E-state index in [-0.39, 0.29) is 60.5 Å². The SMILES string of the molecule is O=C(Nc1ccc2c(O)c(/N=N/c3ccc(SOOO)c4ccccc34)c(SOOO)cc2c1)c1ccc(Nc2nc(NCCO)nc(NCCO)n2)cc1. The van der Waals surface area contributed by atoms with E-state index in [4.69, 9.17) is 20.7 Å². The van der Waals surface area contributed by atoms with Crippen LogP contribution >= 0.6 is 24.1 Å². The Balaban J connectivity index is 1.20. The molecule has 0 radical (unpaired) electrons. The fourth-order valence-corrected chi connectivity index (χ4v) is 6.17. The number of carbonyl (C=O) groups is 1. The molecule has 6 aromatic rings. The molecule has 0 saturated heterocycles. The Morgan fingerprint density at radius 3 is 2.00 bits per heavy atom. The summed E-state index contributed by atoms with van der Waals surface area (Å²) in [7, 11) is 0. The number of aliphatic hydroxyl groups is 2. The number of rotatable bonds is 18. The van der Waals surface area contributed by atoms with Crippen molar-refractivity contribution in [2.75, 3.05) is 47.6 Å². The van der Waals surface area contributed by atoms with Crippen molar-refractivity contribution in [1.82, 2.24) is 15.0 Å². The molecular formula is C34H31N9O10S2. The summed E-state index contributed by atoms with van der Waals surface area (Å²) in [6.45, 7) is 0.192. The molecule has 6 rings (SSSR count). The summed E-state index contributed by atoms with van der Waals surface area (Å²) >= 11 is 1.38. The third kappa shape index (κ3) is 9.88. The predicted molar refractivity (Wildman–Crippen MR) is 204 cm³/mol. The second-order valence-electron chi connectivity index (χ2n) is 11.1. The monoisotopic (exact) mass is 789 g/mol. The van der Waals surface area contributed by atoms with Gasteiger partial charge in [0.2, 0.25) is 17.8 Å². The average Bonchev–Trinajstić information content (AvgIpc) is 3.20. The molecule has 0 saturated carbocycles. The minimum Gasteiger partial charge on any atom is -0.505 e. The maximum atomic E-state index is 13.2. The second kappa shape index (κ2) is 19.0. The maximum Gasteiger partial charge on any atom is 0.255 e. The Morgan fingerprint density at radius 1 is 0.691 bits per heavy atom. The van der Waals surface area contributed by atoms with Crippen LogP contribution in [0.4, 0.5) is 40.6 Å². The average molecular weight is 790 g/mol. The lowest BCUT2D eigenvalue weighted by Gasteiger charge is -2.12. The summed E-state index contributed by atoms with van der Waals surface area (Å²) in [6, 6.07) is 23.7. The predicted octanol–water partition coefficient (Wildman–Crippen LogP) is 6.96. The molecule has 0 atom stereocenters. The highest BCUT2D eigenvalue weighted by Gasteiger charge is 2.17. The second-order valence-corrected chi connectivity index (χ2v) is 12.5. The summed E-state index contributed by atoms with van der Waals surface area (Å²) < 4.78 is 9.28. The number of carbonyl (C=O) groups excluding carboxylic acids is 1. The van der Waals surface area contributed by atoms with Gasteiger partial charge in [0.1, 0.15) is 5.69 Å². The molecule has 0 aliphatic carbocycles. The maximum absolute atomic E-state index is 13.2. The largest absolute Gasteiger partial charge is 0.505 e. The molecule has 1 aromatic heterocycles. The van der Waals surface area contributed by atoms with Gasteiger partial charge in [-0.25, -0.2) is 10.5 Å². The van der Waals surface area contributed by atoms with Crippen LogP contribution in [0.15, 0.2) is 105 Å². The lowest BCUT2D eigenvalue weighted by Crippen LogP contribution is -2.15. The highest BCUT2D eigenvalue weighted by Crippen LogP contribution is 2.45. The normalized spacial score (nSPS) is 11.3. The number of benzene rings is 5. The molecule has 19 nitrogen and oxygen atoms in total. The van der Waals surface area contributed by atoms with Gasteiger partial charge in [-0.1, -0.05) is 34.3 Å². The summed E-state index contributed by atoms with van der Waals surface area (Å²) in [4.78, 5) is 26.9. The fraction of sp³-hybridized carbons (Fsp3) is 0.118. The number of amides is 1. The Kier molecular flexibility index (Phi) is 13.5. The van der Waals surface area contributed by atoms with Gasteiger partial charge in [0.05, 0.1) is 47.9 Å². The zero-order valence-corrected chi connectivity index (χ0v) is 29.9. The van der Waals surface area contributed by atoms with Crippen LogP contribution in [0.25, 0.3) is 21.5 Å². The van der Waals surface area contributed by atoms with Gasteiger partial charge in [-0.05, 0) is 71.4 Å². The van der Waals surface area contributed by atoms with E-state index in [1.165, 1.54) is 0 Å². The van der Waals surface area contributed by atoms with Gasteiger partial charge in [-0.15, -0.1) is 18.9 Å². The number of aromatic hydroxyl groups is 1. The fourth-order valence-electron chi connectivity index (χ4n) is 5.18. The van der Waals surface area contributed by atoms with E-state index >= 15 is 0 Å². The minimum atomic E-state index is -0.412. The number of nitrogens with one attached hydrogen (secondary N) is 4. The standard InChI is InChI=1S/C34H31N9O10S2/c44-15-13-35-32-39-33(36-14-16-45)41-34(40-32)38-21-7-5-19(6-8-21)31(47)37-22-9-10-23-20(17-22)18-28(55-53-51-49)29(30(23)46)43-42-26-11-12-27(54-52-50-48)25-4-2-1-3-24(25)26/h1-12,17-18,44-46,48-49H,13-16H2,(H,37,47)(H3,35,36,38,39,40,41)/b43-42+. The summed E-state index contributed by atoms with van der Waals surface area (Å²) in [5.41, 5.74) is 1.80. The van der Waals surface area contributed by atoms with E-state index < -0.39 is 5.91 Å². The van der Waals surface area contributed by atoms with E-state index in [9.17, 15) is 9.90 Å². The van der Waals surface area contributed by atoms with Gasteiger partial charge in [-0.3, -0.25) is 4.79 Å². The zero-order chi connectivity index (χ0) is 38.6. The molecule has 0 aliphatic heterocycles. The Hall–Kier alpha value is -5.72. The first-order valence-corrected chi connectivity index (χ1v) is 17.6. The van der Waals surface area contributed by atoms with E-state index in [0.29, 0.717) is 55.7 Å². The number of hydrogen-bond acceptors (Lipinski definition) is 20. The van der Waals surface area contributed by atoms with Crippen molar-refractivity contribution < 1.29 is 49.4 Å². The third-order valence-electron chi connectivity index (χ3n) is 7.56. The van der Waals surface area contributed by atoms with Crippen molar-refractivity contribution in [1.29, 1.82) is 0 Å². The quantitative estimate of drug-likeness (QED) is 0.0184. The zero-order valence-electron chi connectivity index (χ0n) is 28.2. The van der Waals surface area contributed by atoms with Gasteiger partial charge in [0.25, 0.3) is 5.91 Å². The first kappa shape index (κ1) is 39.0. The Labute approximate surface area is 319 Å². The number of azo groups is 1. The summed E-state index contributed by atoms with van der Waals surface area (Å²) in [5, 5.41) is 77.2. The molecular weight excluding hydrogens is 759 g/mol. The number of hydrogen-bond donors (Lipinski definition) is 9. The highest BCUT2D eigenvalue weighted by atomic mass is 32.2. The molecule has 0 aliphatic rings. The summed E-state index contributed by atoms with van der Waals surface area (Å²) in [5.74, 6) is -0.0451. The van der Waals surface area contributed by atoms with Gasteiger partial charge in [0.15, 0.2) is 5.75 Å². The lowest BCUT2D eigenvalue weighted by molar-refractivity contribution is -0.432. The Bertz CT molecular complexity index is 2280. The van der Waals surface area contributed by atoms with Crippen LogP contribution in [0.1, 0.15) is 10.4 Å². The first-order valence-electron chi connectivity index (χ1n) is 16.1. The molecule has 55 heavy (non-hydrogen) atoms. The van der Waals surface area contributed by atoms with Crippen LogP contribution in [0.3, 0.4) is 0 Å². The molecule has 21 heteroatoms. The van der Waals surface area contributed by atoms with Gasteiger partial charge in [-0.2, -0.15) is 15.0 Å². The van der Waals surface area contributed by atoms with Crippen LogP contribution in [0.2, 0.25) is 0 Å². The van der Waals surface area contributed by atoms with E-state index in [1.807, 2.05) is 24.3 Å². The number of phenols is 1. The molecule has 1 amide bonds. The van der Waals surface area contributed by atoms with E-state index in [0.717, 1.165) is 17.4 Å². The third-order valence-corrected chi connectivity index (χ3v) is 8.85. The van der Waals surface area contributed by atoms with Crippen molar-refractivity contribution in [3.63, 3.8) is 0 Å². The Morgan fingerprint density at radius 2 is 1.33 bits per heavy atom. The highest BCUT2D eigenvalue weighted by molar-refractivity contribution is 7.95. The first-order chi connectivity index (χ1) is 26.9. The van der Waals surface area contributed by atoms with Crippen molar-refractivity contribution in [3.8, 4) is 5.75 Å². The van der Waals surface area contributed by atoms with Crippen molar-refractivity contribution in [2.45, 2.75) is 9.79 Å². The molecule has 1 heterocycles. The molecule has 0 bridgehead atoms. The number of phenolic OH excluding ortho intramolecular Hbond substituents is 1.